The van der Waals surface area contributed by atoms with Gasteiger partial charge in [-0.1, -0.05) is 68.4 Å². The quantitative estimate of drug-likeness (QED) is 0.505. The Labute approximate surface area is 181 Å². The van der Waals surface area contributed by atoms with Crippen molar-refractivity contribution in [1.29, 1.82) is 0 Å². The Hall–Kier alpha value is -3.55. The summed E-state index contributed by atoms with van der Waals surface area (Å²) in [6.45, 7) is 4.43. The van der Waals surface area contributed by atoms with Crippen molar-refractivity contribution in [1.82, 2.24) is 25.5 Å². The predicted octanol–water partition coefficient (Wildman–Crippen LogP) is 2.48. The third-order valence-electron chi connectivity index (χ3n) is 4.96. The highest BCUT2D eigenvalue weighted by molar-refractivity contribution is 5.81. The van der Waals surface area contributed by atoms with Crippen LogP contribution in [0.15, 0.2) is 60.9 Å². The number of tetrazole rings is 1. The van der Waals surface area contributed by atoms with Gasteiger partial charge in [-0.25, -0.2) is 9.48 Å². The molecule has 0 spiro atoms. The van der Waals surface area contributed by atoms with E-state index in [2.05, 4.69) is 59.0 Å². The third kappa shape index (κ3) is 6.74. The van der Waals surface area contributed by atoms with Crippen molar-refractivity contribution >= 4 is 11.9 Å². The molecule has 0 saturated heterocycles. The zero-order chi connectivity index (χ0) is 22.1. The van der Waals surface area contributed by atoms with Gasteiger partial charge >= 0.3 is 5.97 Å². The van der Waals surface area contributed by atoms with Crippen molar-refractivity contribution in [2.45, 2.75) is 38.6 Å². The van der Waals surface area contributed by atoms with Crippen molar-refractivity contribution in [3.63, 3.8) is 0 Å². The fourth-order valence-electron chi connectivity index (χ4n) is 3.13. The lowest BCUT2D eigenvalue weighted by molar-refractivity contribution is -0.152. The van der Waals surface area contributed by atoms with E-state index in [0.29, 0.717) is 25.3 Å². The molecule has 1 heterocycles. The van der Waals surface area contributed by atoms with Crippen molar-refractivity contribution in [2.24, 2.45) is 0 Å². The van der Waals surface area contributed by atoms with Gasteiger partial charge in [-0.3, -0.25) is 4.79 Å². The maximum Gasteiger partial charge on any atom is 0.331 e. The summed E-state index contributed by atoms with van der Waals surface area (Å²) in [5.41, 5.74) is 3.36. The molecule has 0 saturated carbocycles. The van der Waals surface area contributed by atoms with Crippen molar-refractivity contribution < 1.29 is 14.3 Å². The van der Waals surface area contributed by atoms with Gasteiger partial charge in [0, 0.05) is 13.0 Å². The number of rotatable bonds is 10. The van der Waals surface area contributed by atoms with E-state index in [9.17, 15) is 9.59 Å². The number of hydrogen-bond acceptors (Lipinski definition) is 6. The topological polar surface area (TPSA) is 99.0 Å². The van der Waals surface area contributed by atoms with Gasteiger partial charge in [-0.2, -0.15) is 0 Å². The second-order valence-electron chi connectivity index (χ2n) is 7.60. The summed E-state index contributed by atoms with van der Waals surface area (Å²) >= 11 is 0. The Morgan fingerprint density at radius 2 is 1.77 bits per heavy atom. The molecule has 0 aliphatic heterocycles. The van der Waals surface area contributed by atoms with Crippen LogP contribution in [0.3, 0.4) is 0 Å². The van der Waals surface area contributed by atoms with Gasteiger partial charge in [0.1, 0.15) is 6.33 Å². The molecule has 0 bridgehead atoms. The first-order valence-electron chi connectivity index (χ1n) is 10.3. The molecule has 0 fully saturated rings. The maximum atomic E-state index is 12.6. The molecule has 2 aromatic carbocycles. The first kappa shape index (κ1) is 22.1. The van der Waals surface area contributed by atoms with Gasteiger partial charge in [0.05, 0.1) is 0 Å². The van der Waals surface area contributed by atoms with Crippen LogP contribution in [0.5, 0.6) is 0 Å². The van der Waals surface area contributed by atoms with E-state index in [-0.39, 0.29) is 12.5 Å². The smallest absolute Gasteiger partial charge is 0.331 e. The number of benzene rings is 2. The van der Waals surface area contributed by atoms with Crippen LogP contribution in [0, 0.1) is 0 Å². The Kier molecular flexibility index (Phi) is 7.86. The van der Waals surface area contributed by atoms with Gasteiger partial charge in [0.25, 0.3) is 5.91 Å². The number of ether oxygens (including phenoxy) is 1. The van der Waals surface area contributed by atoms with E-state index >= 15 is 0 Å². The first-order chi connectivity index (χ1) is 15.0. The summed E-state index contributed by atoms with van der Waals surface area (Å²) in [5.74, 6) is -0.416. The second-order valence-corrected chi connectivity index (χ2v) is 7.60. The van der Waals surface area contributed by atoms with Gasteiger partial charge in [-0.15, -0.1) is 5.10 Å². The molecular weight excluding hydrogens is 394 g/mol. The van der Waals surface area contributed by atoms with E-state index in [1.807, 2.05) is 30.3 Å². The highest BCUT2D eigenvalue weighted by Crippen LogP contribution is 2.16. The van der Waals surface area contributed by atoms with Gasteiger partial charge in [0.2, 0.25) is 0 Å². The molecule has 0 unspecified atom stereocenters. The molecule has 3 rings (SSSR count). The molecule has 8 heteroatoms. The van der Waals surface area contributed by atoms with Crippen molar-refractivity contribution in [2.75, 3.05) is 13.2 Å². The maximum absolute atomic E-state index is 12.6. The zero-order valence-electron chi connectivity index (χ0n) is 17.8. The molecule has 31 heavy (non-hydrogen) atoms. The van der Waals surface area contributed by atoms with Crippen LogP contribution in [0.1, 0.15) is 42.5 Å². The van der Waals surface area contributed by atoms with Crippen molar-refractivity contribution in [3.8, 4) is 0 Å². The van der Waals surface area contributed by atoms with E-state index in [4.69, 9.17) is 4.74 Å². The lowest BCUT2D eigenvalue weighted by atomic mass is 10.0. The number of hydrogen-bond donors (Lipinski definition) is 1. The van der Waals surface area contributed by atoms with Crippen LogP contribution in [-0.2, 0) is 27.2 Å². The lowest BCUT2D eigenvalue weighted by Gasteiger charge is -2.15. The molecule has 8 nitrogen and oxygen atoms in total. The molecule has 1 N–H and O–H groups in total. The van der Waals surface area contributed by atoms with Gasteiger partial charge < -0.3 is 10.1 Å². The molecule has 0 radical (unpaired) electrons. The van der Waals surface area contributed by atoms with Crippen LogP contribution in [0.2, 0.25) is 0 Å². The molecule has 1 atom stereocenters. The van der Waals surface area contributed by atoms with Crippen LogP contribution in [0.4, 0.5) is 0 Å². The number of carbonyl (C=O) groups is 2. The Bertz CT molecular complexity index is 957. The number of amides is 1. The predicted molar refractivity (Wildman–Crippen MR) is 115 cm³/mol. The summed E-state index contributed by atoms with van der Waals surface area (Å²) in [5, 5.41) is 13.8. The molecule has 162 valence electrons. The average molecular weight is 422 g/mol. The Morgan fingerprint density at radius 3 is 2.42 bits per heavy atom. The number of nitrogens with zero attached hydrogens (tertiary/aromatic N) is 4. The normalized spacial score (nSPS) is 11.8. The minimum Gasteiger partial charge on any atom is -0.454 e. The summed E-state index contributed by atoms with van der Waals surface area (Å²) < 4.78 is 6.58. The largest absolute Gasteiger partial charge is 0.454 e. The monoisotopic (exact) mass is 421 g/mol. The summed E-state index contributed by atoms with van der Waals surface area (Å²) in [7, 11) is 0. The number of carbonyl (C=O) groups excluding carboxylic acids is 2. The average Bonchev–Trinajstić information content (AvgIpc) is 3.31. The van der Waals surface area contributed by atoms with Gasteiger partial charge in [0.15, 0.2) is 12.6 Å². The number of aromatic nitrogens is 4. The first-order valence-corrected chi connectivity index (χ1v) is 10.3. The van der Waals surface area contributed by atoms with E-state index in [0.717, 1.165) is 11.1 Å². The summed E-state index contributed by atoms with van der Waals surface area (Å²) in [6.07, 6.45) is 2.43. The summed E-state index contributed by atoms with van der Waals surface area (Å²) in [4.78, 5) is 24.7. The van der Waals surface area contributed by atoms with E-state index < -0.39 is 12.0 Å². The molecule has 0 aliphatic rings. The Morgan fingerprint density at radius 1 is 1.03 bits per heavy atom. The van der Waals surface area contributed by atoms with Crippen LogP contribution >= 0.6 is 0 Å². The standard InChI is InChI=1S/C23H27N5O3/c1-17(2)20-10-8-18(9-11-20)12-13-24-22(29)15-31-23(30)21(28-16-25-26-27-28)14-19-6-4-3-5-7-19/h3-11,16-17,21H,12-15H2,1-2H3,(H,24,29)/t21-/m0/s1. The highest BCUT2D eigenvalue weighted by Gasteiger charge is 2.24. The lowest BCUT2D eigenvalue weighted by Crippen LogP contribution is -2.33. The summed E-state index contributed by atoms with van der Waals surface area (Å²) in [6, 6.07) is 17.1. The van der Waals surface area contributed by atoms with E-state index in [1.54, 1.807) is 0 Å². The molecule has 0 aliphatic carbocycles. The zero-order valence-corrected chi connectivity index (χ0v) is 17.8. The van der Waals surface area contributed by atoms with Crippen LogP contribution in [0.25, 0.3) is 0 Å². The minimum atomic E-state index is -0.746. The highest BCUT2D eigenvalue weighted by atomic mass is 16.5. The number of esters is 1. The number of nitrogens with one attached hydrogen (secondary N) is 1. The van der Waals surface area contributed by atoms with E-state index in [1.165, 1.54) is 16.6 Å². The molecule has 1 amide bonds. The fraction of sp³-hybridized carbons (Fsp3) is 0.348. The third-order valence-corrected chi connectivity index (χ3v) is 4.96. The molecular formula is C23H27N5O3. The van der Waals surface area contributed by atoms with Crippen LogP contribution < -0.4 is 5.32 Å². The molecule has 1 aromatic heterocycles. The second kappa shape index (κ2) is 11.0. The Balaban J connectivity index is 1.46. The molecule has 3 aromatic rings. The van der Waals surface area contributed by atoms with Gasteiger partial charge in [-0.05, 0) is 39.5 Å². The SMILES string of the molecule is CC(C)c1ccc(CCNC(=O)COC(=O)[C@H](Cc2ccccc2)n2cnnn2)cc1. The minimum absolute atomic E-state index is 0.345. The fourth-order valence-corrected chi connectivity index (χ4v) is 3.13. The van der Waals surface area contributed by atoms with Crippen molar-refractivity contribution in [3.05, 3.63) is 77.6 Å². The van der Waals surface area contributed by atoms with Crippen LogP contribution in [-0.4, -0.2) is 45.2 Å².